The molecule has 0 radical (unpaired) electrons. The normalized spacial score (nSPS) is 11.3. The molecule has 0 spiro atoms. The molecule has 0 atom stereocenters. The summed E-state index contributed by atoms with van der Waals surface area (Å²) >= 11 is 0. The van der Waals surface area contributed by atoms with Gasteiger partial charge in [0, 0.05) is 5.69 Å². The van der Waals surface area contributed by atoms with Crippen molar-refractivity contribution in [3.8, 4) is 5.75 Å². The van der Waals surface area contributed by atoms with Crippen molar-refractivity contribution in [2.24, 2.45) is 0 Å². The van der Waals surface area contributed by atoms with Crippen LogP contribution in [0, 0.1) is 0 Å². The maximum atomic E-state index is 12.8. The Bertz CT molecular complexity index is 1120. The number of benzene rings is 2. The zero-order chi connectivity index (χ0) is 21.7. The molecule has 0 unspecified atom stereocenters. The lowest BCUT2D eigenvalue weighted by atomic mass is 10.0. The van der Waals surface area contributed by atoms with Crippen molar-refractivity contribution in [3.63, 3.8) is 0 Å². The first kappa shape index (κ1) is 21.4. The highest BCUT2D eigenvalue weighted by Gasteiger charge is 2.19. The molecule has 1 aromatic heterocycles. The highest BCUT2D eigenvalue weighted by atomic mass is 32.2. The van der Waals surface area contributed by atoms with Crippen LogP contribution in [0.15, 0.2) is 70.0 Å². The van der Waals surface area contributed by atoms with Gasteiger partial charge in [0.15, 0.2) is 0 Å². The molecule has 2 aromatic carbocycles. The van der Waals surface area contributed by atoms with E-state index in [9.17, 15) is 13.2 Å². The van der Waals surface area contributed by atoms with Crippen LogP contribution in [-0.4, -0.2) is 21.5 Å². The summed E-state index contributed by atoms with van der Waals surface area (Å²) in [5.41, 5.74) is 1.18. The number of methoxy groups -OCH3 is 1. The van der Waals surface area contributed by atoms with Crippen LogP contribution in [0.1, 0.15) is 41.6 Å². The van der Waals surface area contributed by atoms with Crippen LogP contribution >= 0.6 is 0 Å². The minimum Gasteiger partial charge on any atom is -0.486 e. The van der Waals surface area contributed by atoms with Crippen LogP contribution in [-0.2, 0) is 21.4 Å². The van der Waals surface area contributed by atoms with Crippen LogP contribution in [0.5, 0.6) is 5.75 Å². The Morgan fingerprint density at radius 3 is 2.40 bits per heavy atom. The van der Waals surface area contributed by atoms with Crippen LogP contribution in [0.3, 0.4) is 0 Å². The lowest BCUT2D eigenvalue weighted by Gasteiger charge is -2.14. The van der Waals surface area contributed by atoms with Gasteiger partial charge in [0.25, 0.3) is 10.0 Å². The number of hydrogen-bond acceptors (Lipinski definition) is 6. The number of ether oxygens (including phenoxy) is 2. The molecule has 0 aliphatic heterocycles. The fraction of sp³-hybridized carbons (Fsp3) is 0.227. The van der Waals surface area contributed by atoms with Crippen molar-refractivity contribution < 1.29 is 27.1 Å². The van der Waals surface area contributed by atoms with E-state index in [2.05, 4.69) is 9.46 Å². The molecule has 1 heterocycles. The summed E-state index contributed by atoms with van der Waals surface area (Å²) in [5, 5.41) is 0. The van der Waals surface area contributed by atoms with E-state index in [1.807, 2.05) is 26.0 Å². The SMILES string of the molecule is COC(=O)c1ccc(COc2ccc(NS(=O)(=O)c3ccccc3C(C)C)cc2)o1. The van der Waals surface area contributed by atoms with Gasteiger partial charge in [-0.15, -0.1) is 0 Å². The molecule has 3 rings (SSSR count). The van der Waals surface area contributed by atoms with Gasteiger partial charge < -0.3 is 13.9 Å². The number of anilines is 1. The Labute approximate surface area is 175 Å². The predicted molar refractivity (Wildman–Crippen MR) is 112 cm³/mol. The van der Waals surface area contributed by atoms with E-state index in [1.165, 1.54) is 13.2 Å². The largest absolute Gasteiger partial charge is 0.486 e. The quantitative estimate of drug-likeness (QED) is 0.527. The first-order valence-corrected chi connectivity index (χ1v) is 10.8. The standard InChI is InChI=1S/C22H23NO6S/c1-15(2)19-6-4-5-7-21(19)30(25,26)23-16-8-10-17(11-9-16)28-14-18-12-13-20(29-18)22(24)27-3/h4-13,15,23H,14H2,1-3H3. The Hall–Kier alpha value is -3.26. The summed E-state index contributed by atoms with van der Waals surface area (Å²) in [7, 11) is -2.44. The smallest absolute Gasteiger partial charge is 0.373 e. The predicted octanol–water partition coefficient (Wildman–Crippen LogP) is 4.57. The number of carbonyl (C=O) groups is 1. The van der Waals surface area contributed by atoms with E-state index in [-0.39, 0.29) is 23.2 Å². The van der Waals surface area contributed by atoms with Gasteiger partial charge in [-0.3, -0.25) is 4.72 Å². The monoisotopic (exact) mass is 429 g/mol. The van der Waals surface area contributed by atoms with Crippen molar-refractivity contribution in [2.75, 3.05) is 11.8 Å². The van der Waals surface area contributed by atoms with Gasteiger partial charge in [-0.2, -0.15) is 0 Å². The third-order valence-corrected chi connectivity index (χ3v) is 5.82. The summed E-state index contributed by atoms with van der Waals surface area (Å²) in [4.78, 5) is 11.7. The molecule has 0 bridgehead atoms. The van der Waals surface area contributed by atoms with E-state index in [1.54, 1.807) is 42.5 Å². The zero-order valence-corrected chi connectivity index (χ0v) is 17.7. The lowest BCUT2D eigenvalue weighted by Crippen LogP contribution is -2.15. The minimum atomic E-state index is -3.71. The fourth-order valence-corrected chi connectivity index (χ4v) is 4.28. The third-order valence-electron chi connectivity index (χ3n) is 4.37. The first-order chi connectivity index (χ1) is 14.3. The molecule has 1 N–H and O–H groups in total. The van der Waals surface area contributed by atoms with Gasteiger partial charge in [-0.05, 0) is 53.9 Å². The summed E-state index contributed by atoms with van der Waals surface area (Å²) in [5.74, 6) is 0.608. The molecular formula is C22H23NO6S. The highest BCUT2D eigenvalue weighted by Crippen LogP contribution is 2.26. The van der Waals surface area contributed by atoms with Gasteiger partial charge in [-0.1, -0.05) is 32.0 Å². The number of nitrogens with one attached hydrogen (secondary N) is 1. The Balaban J connectivity index is 1.66. The summed E-state index contributed by atoms with van der Waals surface area (Å²) in [6.07, 6.45) is 0. The molecule has 158 valence electrons. The molecule has 8 heteroatoms. The number of hydrogen-bond donors (Lipinski definition) is 1. The Morgan fingerprint density at radius 2 is 1.73 bits per heavy atom. The molecule has 0 aliphatic rings. The second-order valence-electron chi connectivity index (χ2n) is 6.87. The van der Waals surface area contributed by atoms with Gasteiger partial charge in [0.2, 0.25) is 5.76 Å². The van der Waals surface area contributed by atoms with Gasteiger partial charge in [0.05, 0.1) is 12.0 Å². The van der Waals surface area contributed by atoms with Crippen LogP contribution in [0.25, 0.3) is 0 Å². The summed E-state index contributed by atoms with van der Waals surface area (Å²) in [6.45, 7) is 4.02. The lowest BCUT2D eigenvalue weighted by molar-refractivity contribution is 0.0561. The Morgan fingerprint density at radius 1 is 1.03 bits per heavy atom. The molecule has 0 saturated carbocycles. The average Bonchev–Trinajstić information content (AvgIpc) is 3.21. The minimum absolute atomic E-state index is 0.0786. The van der Waals surface area contributed by atoms with Gasteiger partial charge >= 0.3 is 5.97 Å². The second kappa shape index (κ2) is 9.04. The van der Waals surface area contributed by atoms with E-state index in [4.69, 9.17) is 9.15 Å². The van der Waals surface area contributed by atoms with Crippen molar-refractivity contribution in [3.05, 3.63) is 77.7 Å². The second-order valence-corrected chi connectivity index (χ2v) is 8.52. The van der Waals surface area contributed by atoms with Crippen molar-refractivity contribution in [2.45, 2.75) is 31.3 Å². The molecular weight excluding hydrogens is 406 g/mol. The van der Waals surface area contributed by atoms with Crippen molar-refractivity contribution >= 4 is 21.7 Å². The fourth-order valence-electron chi connectivity index (χ4n) is 2.85. The molecule has 3 aromatic rings. The zero-order valence-electron chi connectivity index (χ0n) is 16.9. The van der Waals surface area contributed by atoms with E-state index < -0.39 is 16.0 Å². The number of sulfonamides is 1. The topological polar surface area (TPSA) is 94.8 Å². The molecule has 0 amide bonds. The molecule has 0 fully saturated rings. The van der Waals surface area contributed by atoms with Gasteiger partial charge in [-0.25, -0.2) is 13.2 Å². The molecule has 0 aliphatic carbocycles. The van der Waals surface area contributed by atoms with Crippen molar-refractivity contribution in [1.82, 2.24) is 0 Å². The molecule has 0 saturated heterocycles. The number of rotatable bonds is 8. The number of furan rings is 1. The van der Waals surface area contributed by atoms with Crippen LogP contribution < -0.4 is 9.46 Å². The van der Waals surface area contributed by atoms with Gasteiger partial charge in [0.1, 0.15) is 18.1 Å². The third kappa shape index (κ3) is 5.01. The Kier molecular flexibility index (Phi) is 6.47. The molecule has 30 heavy (non-hydrogen) atoms. The van der Waals surface area contributed by atoms with Crippen molar-refractivity contribution in [1.29, 1.82) is 0 Å². The maximum Gasteiger partial charge on any atom is 0.373 e. The first-order valence-electron chi connectivity index (χ1n) is 9.32. The molecule has 7 nitrogen and oxygen atoms in total. The van der Waals surface area contributed by atoms with E-state index in [0.29, 0.717) is 17.2 Å². The number of carbonyl (C=O) groups excluding carboxylic acids is 1. The highest BCUT2D eigenvalue weighted by molar-refractivity contribution is 7.92. The summed E-state index contributed by atoms with van der Waals surface area (Å²) < 4.78 is 43.8. The average molecular weight is 429 g/mol. The van der Waals surface area contributed by atoms with Crippen LogP contribution in [0.2, 0.25) is 0 Å². The van der Waals surface area contributed by atoms with E-state index >= 15 is 0 Å². The maximum absolute atomic E-state index is 12.8. The van der Waals surface area contributed by atoms with E-state index in [0.717, 1.165) is 5.56 Å². The summed E-state index contributed by atoms with van der Waals surface area (Å²) in [6, 6.07) is 16.6. The van der Waals surface area contributed by atoms with Crippen LogP contribution in [0.4, 0.5) is 5.69 Å². The number of esters is 1.